The smallest absolute Gasteiger partial charge is 0.475 e. The molecule has 0 radical (unpaired) electrons. The molecule has 0 saturated carbocycles. The zero-order valence-electron chi connectivity index (χ0n) is 23.4. The predicted molar refractivity (Wildman–Crippen MR) is 149 cm³/mol. The number of hydrogen-bond donors (Lipinski definition) is 1. The summed E-state index contributed by atoms with van der Waals surface area (Å²) in [4.78, 5) is 35.9. The average molecular weight is 603 g/mol. The maximum absolute atomic E-state index is 13.9. The molecule has 228 valence electrons. The van der Waals surface area contributed by atoms with Crippen LogP contribution >= 0.6 is 0 Å². The summed E-state index contributed by atoms with van der Waals surface area (Å²) in [5, 5.41) is 7.12. The number of likely N-dealkylation sites (tertiary alicyclic amines) is 1. The maximum Gasteiger partial charge on any atom is 0.490 e. The summed E-state index contributed by atoms with van der Waals surface area (Å²) in [6, 6.07) is 15.9. The number of aromatic nitrogens is 1. The highest BCUT2D eigenvalue weighted by Gasteiger charge is 2.49. The fourth-order valence-electron chi connectivity index (χ4n) is 5.46. The molecule has 0 bridgehead atoms. The number of pyridine rings is 1. The first-order chi connectivity index (χ1) is 20.4. The van der Waals surface area contributed by atoms with Gasteiger partial charge in [-0.2, -0.15) is 13.2 Å². The minimum atomic E-state index is -5.08. The highest BCUT2D eigenvalue weighted by molar-refractivity contribution is 6.09. The van der Waals surface area contributed by atoms with Crippen molar-refractivity contribution < 1.29 is 36.6 Å². The second-order valence-corrected chi connectivity index (χ2v) is 10.4. The van der Waals surface area contributed by atoms with Crippen LogP contribution in [0.4, 0.5) is 22.0 Å². The number of carbonyl (C=O) groups excluding carboxylic acids is 1. The zero-order valence-corrected chi connectivity index (χ0v) is 23.4. The largest absolute Gasteiger partial charge is 0.490 e. The van der Waals surface area contributed by atoms with Crippen LogP contribution in [0.5, 0.6) is 0 Å². The Balaban J connectivity index is 0.000000541. The molecule has 0 spiro atoms. The summed E-state index contributed by atoms with van der Waals surface area (Å²) in [5.41, 5.74) is 1.16. The Labute approximate surface area is 245 Å². The van der Waals surface area contributed by atoms with Gasteiger partial charge in [0.1, 0.15) is 17.5 Å². The SMILES string of the molecule is CC1=NC(c2ccc(F)cc2)(c2ccc(F)cc2)C(=O)N1CCCN1CCC(c2ccncc2)CC1.O=C(O)C(F)(F)F. The number of halogens is 5. The summed E-state index contributed by atoms with van der Waals surface area (Å²) in [6.07, 6.45) is 1.69. The van der Waals surface area contributed by atoms with Gasteiger partial charge >= 0.3 is 12.1 Å². The molecule has 3 heterocycles. The van der Waals surface area contributed by atoms with E-state index in [1.54, 1.807) is 29.2 Å². The van der Waals surface area contributed by atoms with Gasteiger partial charge in [-0.1, -0.05) is 24.3 Å². The van der Waals surface area contributed by atoms with Gasteiger partial charge in [0.05, 0.1) is 0 Å². The molecular formula is C31H31F5N4O3. The third-order valence-corrected chi connectivity index (χ3v) is 7.66. The number of amides is 1. The molecule has 7 nitrogen and oxygen atoms in total. The lowest BCUT2D eigenvalue weighted by molar-refractivity contribution is -0.192. The molecule has 43 heavy (non-hydrogen) atoms. The number of alkyl halides is 3. The van der Waals surface area contributed by atoms with Gasteiger partial charge in [0, 0.05) is 18.9 Å². The van der Waals surface area contributed by atoms with Gasteiger partial charge in [0.15, 0.2) is 5.54 Å². The zero-order chi connectivity index (χ0) is 31.2. The van der Waals surface area contributed by atoms with E-state index >= 15 is 0 Å². The normalized spacial score (nSPS) is 17.3. The minimum absolute atomic E-state index is 0.186. The minimum Gasteiger partial charge on any atom is -0.475 e. The van der Waals surface area contributed by atoms with Crippen molar-refractivity contribution in [3.63, 3.8) is 0 Å². The van der Waals surface area contributed by atoms with Crippen molar-refractivity contribution in [1.82, 2.24) is 14.8 Å². The first-order valence-electron chi connectivity index (χ1n) is 13.7. The molecule has 0 atom stereocenters. The maximum atomic E-state index is 13.9. The first-order valence-corrected chi connectivity index (χ1v) is 13.7. The van der Waals surface area contributed by atoms with Crippen LogP contribution in [0, 0.1) is 11.6 Å². The van der Waals surface area contributed by atoms with E-state index in [1.165, 1.54) is 29.8 Å². The fourth-order valence-corrected chi connectivity index (χ4v) is 5.46. The Morgan fingerprint density at radius 3 is 1.86 bits per heavy atom. The summed E-state index contributed by atoms with van der Waals surface area (Å²) >= 11 is 0. The van der Waals surface area contributed by atoms with E-state index < -0.39 is 17.7 Å². The van der Waals surface area contributed by atoms with Crippen LogP contribution < -0.4 is 0 Å². The van der Waals surface area contributed by atoms with Crippen molar-refractivity contribution in [3.8, 4) is 0 Å². The molecule has 1 N–H and O–H groups in total. The Morgan fingerprint density at radius 2 is 1.40 bits per heavy atom. The monoisotopic (exact) mass is 602 g/mol. The number of amidine groups is 1. The number of rotatable bonds is 7. The van der Waals surface area contributed by atoms with E-state index in [0.717, 1.165) is 38.9 Å². The molecule has 2 aliphatic rings. The molecule has 12 heteroatoms. The second kappa shape index (κ2) is 13.4. The molecule has 1 saturated heterocycles. The van der Waals surface area contributed by atoms with Crippen molar-refractivity contribution >= 4 is 17.7 Å². The van der Waals surface area contributed by atoms with Crippen LogP contribution in [-0.4, -0.2) is 70.0 Å². The lowest BCUT2D eigenvalue weighted by Crippen LogP contribution is -2.43. The van der Waals surface area contributed by atoms with Gasteiger partial charge in [-0.05, 0) is 105 Å². The average Bonchev–Trinajstić information content (AvgIpc) is 3.24. The van der Waals surface area contributed by atoms with Gasteiger partial charge in [0.25, 0.3) is 5.91 Å². The van der Waals surface area contributed by atoms with Crippen LogP contribution in [0.15, 0.2) is 78.0 Å². The lowest BCUT2D eigenvalue weighted by Gasteiger charge is -2.32. The molecule has 2 aliphatic heterocycles. The fraction of sp³-hybridized carbons (Fsp3) is 0.355. The summed E-state index contributed by atoms with van der Waals surface area (Å²) < 4.78 is 59.1. The predicted octanol–water partition coefficient (Wildman–Crippen LogP) is 5.77. The van der Waals surface area contributed by atoms with E-state index in [-0.39, 0.29) is 17.5 Å². The number of benzene rings is 2. The van der Waals surface area contributed by atoms with Crippen molar-refractivity contribution in [3.05, 3.63) is 101 Å². The number of nitrogens with zero attached hydrogens (tertiary/aromatic N) is 4. The molecule has 0 aliphatic carbocycles. The number of carboxylic acids is 1. The number of carbonyl (C=O) groups is 2. The molecule has 1 amide bonds. The van der Waals surface area contributed by atoms with Gasteiger partial charge in [-0.25, -0.2) is 18.6 Å². The van der Waals surface area contributed by atoms with E-state index in [2.05, 4.69) is 22.0 Å². The van der Waals surface area contributed by atoms with E-state index in [0.29, 0.717) is 29.4 Å². The van der Waals surface area contributed by atoms with Crippen LogP contribution in [0.25, 0.3) is 0 Å². The third-order valence-electron chi connectivity index (χ3n) is 7.66. The molecule has 2 aromatic carbocycles. The number of carboxylic acid groups (broad SMARTS) is 1. The topological polar surface area (TPSA) is 86.1 Å². The van der Waals surface area contributed by atoms with E-state index in [4.69, 9.17) is 14.9 Å². The molecule has 1 aromatic heterocycles. The van der Waals surface area contributed by atoms with Crippen molar-refractivity contribution in [2.75, 3.05) is 26.2 Å². The Bertz CT molecular complexity index is 1380. The van der Waals surface area contributed by atoms with Crippen molar-refractivity contribution in [1.29, 1.82) is 0 Å². The van der Waals surface area contributed by atoms with Crippen molar-refractivity contribution in [2.45, 2.75) is 43.8 Å². The highest BCUT2D eigenvalue weighted by Crippen LogP contribution is 2.40. The Morgan fingerprint density at radius 1 is 0.907 bits per heavy atom. The molecule has 1 fully saturated rings. The standard InChI is InChI=1S/C29H30F2N4O.C2HF3O2/c1-21-33-29(24-3-7-26(30)8-4-24,25-5-9-27(31)10-6-25)28(36)35(21)18-2-17-34-19-13-23(14-20-34)22-11-15-32-16-12-22;3-2(4,5)1(6)7/h3-12,15-16,23H,2,13-14,17-20H2,1H3;(H,6,7). The molecule has 3 aromatic rings. The number of aliphatic imine (C=N–C) groups is 1. The van der Waals surface area contributed by atoms with Gasteiger partial charge in [0.2, 0.25) is 0 Å². The quantitative estimate of drug-likeness (QED) is 0.348. The van der Waals surface area contributed by atoms with Crippen LogP contribution in [-0.2, 0) is 15.1 Å². The Kier molecular flexibility index (Phi) is 9.90. The second-order valence-electron chi connectivity index (χ2n) is 10.4. The molecule has 0 unspecified atom stereocenters. The summed E-state index contributed by atoms with van der Waals surface area (Å²) in [7, 11) is 0. The number of piperidine rings is 1. The van der Waals surface area contributed by atoms with Crippen LogP contribution in [0.3, 0.4) is 0 Å². The molecular weight excluding hydrogens is 571 g/mol. The number of hydrogen-bond acceptors (Lipinski definition) is 5. The summed E-state index contributed by atoms with van der Waals surface area (Å²) in [6.45, 7) is 5.34. The van der Waals surface area contributed by atoms with E-state index in [1.807, 2.05) is 19.3 Å². The van der Waals surface area contributed by atoms with Gasteiger partial charge in [-0.3, -0.25) is 14.7 Å². The number of aliphatic carboxylic acids is 1. The van der Waals surface area contributed by atoms with Crippen LogP contribution in [0.2, 0.25) is 0 Å². The highest BCUT2D eigenvalue weighted by atomic mass is 19.4. The third kappa shape index (κ3) is 7.42. The van der Waals surface area contributed by atoms with Gasteiger partial charge in [-0.15, -0.1) is 0 Å². The molecule has 5 rings (SSSR count). The van der Waals surface area contributed by atoms with Crippen LogP contribution in [0.1, 0.15) is 48.8 Å². The first kappa shape index (κ1) is 31.7. The van der Waals surface area contributed by atoms with E-state index in [9.17, 15) is 26.7 Å². The summed E-state index contributed by atoms with van der Waals surface area (Å²) in [5.74, 6) is -2.52. The Hall–Kier alpha value is -4.19. The van der Waals surface area contributed by atoms with Crippen molar-refractivity contribution in [2.24, 2.45) is 4.99 Å². The van der Waals surface area contributed by atoms with Gasteiger partial charge < -0.3 is 10.0 Å². The lowest BCUT2D eigenvalue weighted by atomic mass is 9.82.